The van der Waals surface area contributed by atoms with E-state index in [0.29, 0.717) is 11.1 Å². The fourth-order valence-electron chi connectivity index (χ4n) is 1.75. The van der Waals surface area contributed by atoms with Gasteiger partial charge in [0.15, 0.2) is 0 Å². The molecule has 0 aliphatic carbocycles. The second-order valence-corrected chi connectivity index (χ2v) is 4.97. The zero-order valence-corrected chi connectivity index (χ0v) is 12.5. The maximum atomic E-state index is 11.3. The molecule has 1 aromatic carbocycles. The summed E-state index contributed by atoms with van der Waals surface area (Å²) >= 11 is 5.04. The summed E-state index contributed by atoms with van der Waals surface area (Å²) in [5, 5.41) is 0. The molecule has 0 aliphatic heterocycles. The zero-order chi connectivity index (χ0) is 13.7. The van der Waals surface area contributed by atoms with Gasteiger partial charge in [0.05, 0.1) is 18.9 Å². The summed E-state index contributed by atoms with van der Waals surface area (Å²) in [6.07, 6.45) is 0. The maximum Gasteiger partial charge on any atom is 0.203 e. The van der Waals surface area contributed by atoms with Gasteiger partial charge in [-0.25, -0.2) is 0 Å². The highest BCUT2D eigenvalue weighted by Crippen LogP contribution is 2.19. The van der Waals surface area contributed by atoms with Crippen molar-refractivity contribution in [3.63, 3.8) is 0 Å². The molecule has 4 nitrogen and oxygen atoms in total. The largest absolute Gasteiger partial charge is 0.378 e. The minimum absolute atomic E-state index is 0.0114. The zero-order valence-electron chi connectivity index (χ0n) is 11.7. The predicted molar refractivity (Wildman–Crippen MR) is 77.9 cm³/mol. The van der Waals surface area contributed by atoms with Crippen molar-refractivity contribution < 1.29 is 4.74 Å². The van der Waals surface area contributed by atoms with Crippen LogP contribution in [0.4, 0.5) is 5.69 Å². The first-order valence-electron chi connectivity index (χ1n) is 6.26. The van der Waals surface area contributed by atoms with Crippen LogP contribution in [0.5, 0.6) is 0 Å². The molecule has 102 valence electrons. The summed E-state index contributed by atoms with van der Waals surface area (Å²) in [6.45, 7) is 8.07. The molecule has 0 saturated heterocycles. The molecule has 0 heterocycles. The Labute approximate surface area is 114 Å². The smallest absolute Gasteiger partial charge is 0.203 e. The highest BCUT2D eigenvalue weighted by Gasteiger charge is 2.16. The van der Waals surface area contributed by atoms with Crippen molar-refractivity contribution in [1.82, 2.24) is 4.90 Å². The number of likely N-dealkylation sites (N-methyl/N-ethyl adjacent to an activating group) is 2. The summed E-state index contributed by atoms with van der Waals surface area (Å²) in [4.78, 5) is 15.5. The van der Waals surface area contributed by atoms with Crippen LogP contribution in [0, 0.1) is 11.4 Å². The molecule has 0 amide bonds. The standard InChI is InChI=1S/C13H22N2O2S/c1-5-14(3)6-8-17-9-7-15(4)11-10(2)12(16)13(11)18/h5-9H2,1-4H3. The number of nitrogens with zero attached hydrogens (tertiary/aromatic N) is 2. The monoisotopic (exact) mass is 270 g/mol. The van der Waals surface area contributed by atoms with Crippen molar-refractivity contribution in [2.24, 2.45) is 0 Å². The lowest BCUT2D eigenvalue weighted by atomic mass is 10.1. The molecule has 0 atom stereocenters. The van der Waals surface area contributed by atoms with Crippen molar-refractivity contribution in [2.75, 3.05) is 51.8 Å². The van der Waals surface area contributed by atoms with Gasteiger partial charge < -0.3 is 14.5 Å². The Morgan fingerprint density at radius 2 is 1.83 bits per heavy atom. The van der Waals surface area contributed by atoms with Crippen LogP contribution in [0.2, 0.25) is 0 Å². The molecule has 0 N–H and O–H groups in total. The lowest BCUT2D eigenvalue weighted by Crippen LogP contribution is -2.30. The van der Waals surface area contributed by atoms with Gasteiger partial charge in [-0.2, -0.15) is 0 Å². The quantitative estimate of drug-likeness (QED) is 0.526. The first-order valence-corrected chi connectivity index (χ1v) is 6.67. The maximum absolute atomic E-state index is 11.3. The van der Waals surface area contributed by atoms with Crippen LogP contribution >= 0.6 is 12.2 Å². The van der Waals surface area contributed by atoms with E-state index in [1.54, 1.807) is 0 Å². The average Bonchev–Trinajstić information content (AvgIpc) is 2.37. The van der Waals surface area contributed by atoms with Crippen LogP contribution in [0.25, 0.3) is 0 Å². The van der Waals surface area contributed by atoms with Gasteiger partial charge in [-0.15, -0.1) is 0 Å². The van der Waals surface area contributed by atoms with Crippen molar-refractivity contribution in [3.8, 4) is 0 Å². The van der Waals surface area contributed by atoms with E-state index in [-0.39, 0.29) is 5.43 Å². The third kappa shape index (κ3) is 3.60. The molecule has 0 bridgehead atoms. The van der Waals surface area contributed by atoms with Gasteiger partial charge in [-0.3, -0.25) is 4.79 Å². The minimum atomic E-state index is 0.0114. The van der Waals surface area contributed by atoms with E-state index < -0.39 is 0 Å². The van der Waals surface area contributed by atoms with E-state index >= 15 is 0 Å². The van der Waals surface area contributed by atoms with Gasteiger partial charge in [0, 0.05) is 25.7 Å². The molecular weight excluding hydrogens is 248 g/mol. The summed E-state index contributed by atoms with van der Waals surface area (Å²) < 4.78 is 6.02. The molecule has 18 heavy (non-hydrogen) atoms. The molecule has 0 fully saturated rings. The second kappa shape index (κ2) is 6.97. The van der Waals surface area contributed by atoms with Gasteiger partial charge in [0.1, 0.15) is 4.51 Å². The molecule has 0 aliphatic rings. The molecule has 1 aromatic rings. The lowest BCUT2D eigenvalue weighted by molar-refractivity contribution is 0.118. The molecule has 5 heteroatoms. The van der Waals surface area contributed by atoms with E-state index in [1.165, 1.54) is 0 Å². The summed E-state index contributed by atoms with van der Waals surface area (Å²) in [6, 6.07) is 0. The minimum Gasteiger partial charge on any atom is -0.378 e. The van der Waals surface area contributed by atoms with E-state index in [9.17, 15) is 4.79 Å². The molecule has 0 spiro atoms. The predicted octanol–water partition coefficient (Wildman–Crippen LogP) is 1.36. The van der Waals surface area contributed by atoms with E-state index in [4.69, 9.17) is 17.0 Å². The first kappa shape index (κ1) is 15.3. The van der Waals surface area contributed by atoms with Crippen molar-refractivity contribution >= 4 is 17.9 Å². The van der Waals surface area contributed by atoms with Crippen LogP contribution in [-0.4, -0.2) is 51.8 Å². The Hall–Kier alpha value is -0.780. The van der Waals surface area contributed by atoms with Gasteiger partial charge in [0.25, 0.3) is 0 Å². The van der Waals surface area contributed by atoms with Crippen LogP contribution in [0.3, 0.4) is 0 Å². The summed E-state index contributed by atoms with van der Waals surface area (Å²) in [5.74, 6) is 0. The van der Waals surface area contributed by atoms with Gasteiger partial charge in [-0.05, 0) is 20.5 Å². The fraction of sp³-hybridized carbons (Fsp3) is 0.692. The first-order chi connectivity index (χ1) is 8.49. The topological polar surface area (TPSA) is 32.8 Å². The molecular formula is C13H22N2O2S. The number of rotatable bonds is 8. The van der Waals surface area contributed by atoms with Crippen molar-refractivity contribution in [3.05, 3.63) is 20.3 Å². The molecule has 0 aromatic heterocycles. The Balaban J connectivity index is 2.25. The number of anilines is 1. The van der Waals surface area contributed by atoms with E-state index in [0.717, 1.165) is 37.5 Å². The number of hydrogen-bond donors (Lipinski definition) is 0. The van der Waals surface area contributed by atoms with Crippen molar-refractivity contribution in [1.29, 1.82) is 0 Å². The van der Waals surface area contributed by atoms with Crippen LogP contribution in [0.15, 0.2) is 4.79 Å². The van der Waals surface area contributed by atoms with Crippen LogP contribution in [-0.2, 0) is 4.74 Å². The molecule has 0 radical (unpaired) electrons. The number of ether oxygens (including phenoxy) is 1. The van der Waals surface area contributed by atoms with E-state index in [1.807, 2.05) is 18.9 Å². The summed E-state index contributed by atoms with van der Waals surface area (Å²) in [5.41, 5.74) is 1.69. The van der Waals surface area contributed by atoms with E-state index in [2.05, 4.69) is 18.9 Å². The van der Waals surface area contributed by atoms with Crippen LogP contribution < -0.4 is 10.3 Å². The molecule has 1 rings (SSSR count). The van der Waals surface area contributed by atoms with Gasteiger partial charge in [-0.1, -0.05) is 19.1 Å². The third-order valence-electron chi connectivity index (χ3n) is 3.23. The lowest BCUT2D eigenvalue weighted by Gasteiger charge is -2.23. The second-order valence-electron chi connectivity index (χ2n) is 4.56. The fourth-order valence-corrected chi connectivity index (χ4v) is 2.21. The Morgan fingerprint density at radius 3 is 2.39 bits per heavy atom. The molecule has 0 saturated carbocycles. The Kier molecular flexibility index (Phi) is 5.91. The van der Waals surface area contributed by atoms with Crippen LogP contribution in [0.1, 0.15) is 12.5 Å². The highest BCUT2D eigenvalue weighted by atomic mass is 32.1. The Bertz CT molecular complexity index is 452. The average molecular weight is 270 g/mol. The van der Waals surface area contributed by atoms with Gasteiger partial charge in [0.2, 0.25) is 5.43 Å². The van der Waals surface area contributed by atoms with Crippen molar-refractivity contribution in [2.45, 2.75) is 13.8 Å². The normalized spacial score (nSPS) is 11.4. The SMILES string of the molecule is CCN(C)CCOCCN(C)c1c(C)c(=O)c1=S. The van der Waals surface area contributed by atoms with Gasteiger partial charge >= 0.3 is 0 Å². The Morgan fingerprint density at radius 1 is 1.22 bits per heavy atom. The highest BCUT2D eigenvalue weighted by molar-refractivity contribution is 7.71. The molecule has 0 unspecified atom stereocenters. The third-order valence-corrected chi connectivity index (χ3v) is 3.61. The number of hydrogen-bond acceptors (Lipinski definition) is 5. The summed E-state index contributed by atoms with van der Waals surface area (Å²) in [7, 11) is 4.02.